The van der Waals surface area contributed by atoms with E-state index in [1.807, 2.05) is 24.3 Å². The Balaban J connectivity index is 2.04. The van der Waals surface area contributed by atoms with Gasteiger partial charge in [0.1, 0.15) is 11.9 Å². The third-order valence-corrected chi connectivity index (χ3v) is 3.56. The summed E-state index contributed by atoms with van der Waals surface area (Å²) in [5, 5.41) is 4.15. The van der Waals surface area contributed by atoms with Crippen molar-refractivity contribution < 1.29 is 4.74 Å². The molecule has 1 aromatic carbocycles. The number of rotatable bonds is 4. The summed E-state index contributed by atoms with van der Waals surface area (Å²) in [5.74, 6) is 2.06. The Morgan fingerprint density at radius 3 is 2.53 bits per heavy atom. The standard InChI is InChI=1S/C14H20ClNO/c1-10(2)14(11-7-8-16-9-11)17-13-5-3-12(15)4-6-13/h3-6,10-11,14,16H,7-9H2,1-2H3/t11-,14-/m1/s1. The van der Waals surface area contributed by atoms with E-state index in [-0.39, 0.29) is 6.10 Å². The molecule has 0 amide bonds. The molecule has 2 rings (SSSR count). The highest BCUT2D eigenvalue weighted by Gasteiger charge is 2.28. The molecule has 0 unspecified atom stereocenters. The topological polar surface area (TPSA) is 21.3 Å². The van der Waals surface area contributed by atoms with Crippen LogP contribution in [0.4, 0.5) is 0 Å². The van der Waals surface area contributed by atoms with Gasteiger partial charge in [-0.2, -0.15) is 0 Å². The Morgan fingerprint density at radius 2 is 2.00 bits per heavy atom. The molecule has 0 aromatic heterocycles. The monoisotopic (exact) mass is 253 g/mol. The SMILES string of the molecule is CC(C)[C@@H](Oc1ccc(Cl)cc1)[C@@H]1CCNC1. The van der Waals surface area contributed by atoms with E-state index < -0.39 is 0 Å². The van der Waals surface area contributed by atoms with Crippen molar-refractivity contribution in [1.29, 1.82) is 0 Å². The third kappa shape index (κ3) is 3.36. The largest absolute Gasteiger partial charge is 0.490 e. The lowest BCUT2D eigenvalue weighted by atomic mass is 9.92. The van der Waals surface area contributed by atoms with Gasteiger partial charge in [-0.25, -0.2) is 0 Å². The summed E-state index contributed by atoms with van der Waals surface area (Å²) in [7, 11) is 0. The average molecular weight is 254 g/mol. The van der Waals surface area contributed by atoms with Crippen molar-refractivity contribution in [1.82, 2.24) is 5.32 Å². The zero-order valence-corrected chi connectivity index (χ0v) is 11.2. The molecule has 0 aliphatic carbocycles. The Labute approximate surface area is 108 Å². The molecule has 1 aliphatic heterocycles. The minimum Gasteiger partial charge on any atom is -0.490 e. The minimum absolute atomic E-state index is 0.283. The quantitative estimate of drug-likeness (QED) is 0.889. The van der Waals surface area contributed by atoms with Gasteiger partial charge in [0.15, 0.2) is 0 Å². The molecule has 1 aliphatic rings. The molecule has 0 radical (unpaired) electrons. The van der Waals surface area contributed by atoms with Gasteiger partial charge in [0.05, 0.1) is 0 Å². The van der Waals surface area contributed by atoms with Crippen LogP contribution in [0.2, 0.25) is 5.02 Å². The summed E-state index contributed by atoms with van der Waals surface area (Å²) in [6, 6.07) is 7.64. The van der Waals surface area contributed by atoms with E-state index in [9.17, 15) is 0 Å². The summed E-state index contributed by atoms with van der Waals surface area (Å²) >= 11 is 5.87. The number of nitrogens with one attached hydrogen (secondary N) is 1. The fourth-order valence-electron chi connectivity index (χ4n) is 2.40. The van der Waals surface area contributed by atoms with Gasteiger partial charge in [0, 0.05) is 17.5 Å². The van der Waals surface area contributed by atoms with E-state index in [0.29, 0.717) is 11.8 Å². The number of halogens is 1. The third-order valence-electron chi connectivity index (χ3n) is 3.31. The zero-order valence-electron chi connectivity index (χ0n) is 10.4. The first-order valence-corrected chi connectivity index (χ1v) is 6.67. The minimum atomic E-state index is 0.283. The molecule has 1 N–H and O–H groups in total. The second kappa shape index (κ2) is 5.74. The number of hydrogen-bond donors (Lipinski definition) is 1. The molecule has 0 spiro atoms. The lowest BCUT2D eigenvalue weighted by molar-refractivity contribution is 0.0973. The number of ether oxygens (including phenoxy) is 1. The van der Waals surface area contributed by atoms with Crippen molar-refractivity contribution in [2.24, 2.45) is 11.8 Å². The van der Waals surface area contributed by atoms with Crippen LogP contribution >= 0.6 is 11.6 Å². The summed E-state index contributed by atoms with van der Waals surface area (Å²) in [4.78, 5) is 0. The molecule has 2 atom stereocenters. The summed E-state index contributed by atoms with van der Waals surface area (Å²) in [5.41, 5.74) is 0. The maximum Gasteiger partial charge on any atom is 0.119 e. The second-order valence-corrected chi connectivity index (χ2v) is 5.47. The molecular formula is C14H20ClNO. The number of hydrogen-bond acceptors (Lipinski definition) is 2. The second-order valence-electron chi connectivity index (χ2n) is 5.03. The van der Waals surface area contributed by atoms with E-state index in [1.165, 1.54) is 6.42 Å². The molecule has 17 heavy (non-hydrogen) atoms. The van der Waals surface area contributed by atoms with Crippen molar-refractivity contribution in [2.45, 2.75) is 26.4 Å². The Morgan fingerprint density at radius 1 is 1.29 bits per heavy atom. The van der Waals surface area contributed by atoms with Gasteiger partial charge in [0.25, 0.3) is 0 Å². The van der Waals surface area contributed by atoms with Gasteiger partial charge >= 0.3 is 0 Å². The fourth-order valence-corrected chi connectivity index (χ4v) is 2.53. The van der Waals surface area contributed by atoms with Crippen molar-refractivity contribution in [3.05, 3.63) is 29.3 Å². The van der Waals surface area contributed by atoms with Crippen molar-refractivity contribution in [3.8, 4) is 5.75 Å². The average Bonchev–Trinajstić information content (AvgIpc) is 2.81. The molecule has 94 valence electrons. The molecule has 1 heterocycles. The van der Waals surface area contributed by atoms with Gasteiger partial charge in [-0.1, -0.05) is 25.4 Å². The molecule has 1 saturated heterocycles. The van der Waals surface area contributed by atoms with Crippen LogP contribution in [0.5, 0.6) is 5.75 Å². The van der Waals surface area contributed by atoms with Gasteiger partial charge in [-0.3, -0.25) is 0 Å². The molecule has 2 nitrogen and oxygen atoms in total. The first-order chi connectivity index (χ1) is 8.16. The molecule has 3 heteroatoms. The van der Waals surface area contributed by atoms with E-state index in [4.69, 9.17) is 16.3 Å². The molecule has 1 aromatic rings. The lowest BCUT2D eigenvalue weighted by Gasteiger charge is -2.27. The van der Waals surface area contributed by atoms with Gasteiger partial charge in [0.2, 0.25) is 0 Å². The van der Waals surface area contributed by atoms with E-state index in [0.717, 1.165) is 23.9 Å². The van der Waals surface area contributed by atoms with Crippen LogP contribution in [0.3, 0.4) is 0 Å². The van der Waals surface area contributed by atoms with Crippen LogP contribution in [0.1, 0.15) is 20.3 Å². The normalized spacial score (nSPS) is 21.8. The first kappa shape index (κ1) is 12.7. The van der Waals surface area contributed by atoms with Crippen LogP contribution in [-0.4, -0.2) is 19.2 Å². The van der Waals surface area contributed by atoms with Gasteiger partial charge < -0.3 is 10.1 Å². The molecule has 0 bridgehead atoms. The van der Waals surface area contributed by atoms with Crippen molar-refractivity contribution >= 4 is 11.6 Å². The smallest absolute Gasteiger partial charge is 0.119 e. The summed E-state index contributed by atoms with van der Waals surface area (Å²) < 4.78 is 6.12. The maximum absolute atomic E-state index is 6.12. The van der Waals surface area contributed by atoms with E-state index in [2.05, 4.69) is 19.2 Å². The maximum atomic E-state index is 6.12. The first-order valence-electron chi connectivity index (χ1n) is 6.30. The van der Waals surface area contributed by atoms with Crippen molar-refractivity contribution in [3.63, 3.8) is 0 Å². The van der Waals surface area contributed by atoms with Crippen LogP contribution in [0.15, 0.2) is 24.3 Å². The van der Waals surface area contributed by atoms with Gasteiger partial charge in [-0.15, -0.1) is 0 Å². The highest BCUT2D eigenvalue weighted by atomic mass is 35.5. The van der Waals surface area contributed by atoms with E-state index in [1.54, 1.807) is 0 Å². The molecule has 1 fully saturated rings. The molecular weight excluding hydrogens is 234 g/mol. The molecule has 0 saturated carbocycles. The Kier molecular flexibility index (Phi) is 4.30. The predicted molar refractivity (Wildman–Crippen MR) is 71.7 cm³/mol. The van der Waals surface area contributed by atoms with Crippen LogP contribution in [0.25, 0.3) is 0 Å². The summed E-state index contributed by atoms with van der Waals surface area (Å²) in [6.07, 6.45) is 1.49. The predicted octanol–water partition coefficient (Wildman–Crippen LogP) is 3.35. The summed E-state index contributed by atoms with van der Waals surface area (Å²) in [6.45, 7) is 6.62. The fraction of sp³-hybridized carbons (Fsp3) is 0.571. The Hall–Kier alpha value is -0.730. The number of benzene rings is 1. The lowest BCUT2D eigenvalue weighted by Crippen LogP contribution is -2.33. The van der Waals surface area contributed by atoms with Crippen molar-refractivity contribution in [2.75, 3.05) is 13.1 Å². The highest BCUT2D eigenvalue weighted by molar-refractivity contribution is 6.30. The van der Waals surface area contributed by atoms with Gasteiger partial charge in [-0.05, 0) is 43.1 Å². The van der Waals surface area contributed by atoms with Crippen LogP contribution in [0, 0.1) is 11.8 Å². The van der Waals surface area contributed by atoms with Crippen LogP contribution < -0.4 is 10.1 Å². The zero-order chi connectivity index (χ0) is 12.3. The van der Waals surface area contributed by atoms with Crippen LogP contribution in [-0.2, 0) is 0 Å². The highest BCUT2D eigenvalue weighted by Crippen LogP contribution is 2.25. The Bertz CT molecular complexity index is 344. The van der Waals surface area contributed by atoms with E-state index >= 15 is 0 Å².